The lowest BCUT2D eigenvalue weighted by atomic mass is 10.1. The van der Waals surface area contributed by atoms with E-state index in [0.717, 1.165) is 26.9 Å². The molecule has 0 aliphatic rings. The second-order valence-corrected chi connectivity index (χ2v) is 5.32. The van der Waals surface area contributed by atoms with Crippen LogP contribution in [0.2, 0.25) is 0 Å². The molecule has 0 atom stereocenters. The molecule has 2 aromatic carbocycles. The lowest BCUT2D eigenvalue weighted by Crippen LogP contribution is -1.83. The Morgan fingerprint density at radius 3 is 2.25 bits per heavy atom. The highest BCUT2D eigenvalue weighted by molar-refractivity contribution is 9.10. The van der Waals surface area contributed by atoms with Crippen LogP contribution in [-0.4, -0.2) is 10.1 Å². The van der Waals surface area contributed by atoms with Gasteiger partial charge in [0, 0.05) is 15.6 Å². The molecule has 4 heteroatoms. The Kier molecular flexibility index (Phi) is 3.67. The minimum atomic E-state index is 0.0449. The maximum atomic E-state index is 9.04. The van der Waals surface area contributed by atoms with E-state index >= 15 is 0 Å². The van der Waals surface area contributed by atoms with E-state index in [1.807, 2.05) is 48.5 Å². The van der Waals surface area contributed by atoms with Crippen LogP contribution in [0.5, 0.6) is 0 Å². The van der Waals surface area contributed by atoms with Crippen molar-refractivity contribution in [3.63, 3.8) is 0 Å². The van der Waals surface area contributed by atoms with Crippen molar-refractivity contribution in [1.82, 2.24) is 4.98 Å². The lowest BCUT2D eigenvalue weighted by molar-refractivity contribution is 0.282. The first-order valence-corrected chi connectivity index (χ1v) is 6.97. The zero-order chi connectivity index (χ0) is 13.9. The third-order valence-electron chi connectivity index (χ3n) is 3.03. The molecule has 0 bridgehead atoms. The number of oxazole rings is 1. The molecule has 1 aromatic heterocycles. The van der Waals surface area contributed by atoms with Crippen LogP contribution in [0.4, 0.5) is 0 Å². The van der Waals surface area contributed by atoms with Crippen LogP contribution < -0.4 is 0 Å². The monoisotopic (exact) mass is 329 g/mol. The highest BCUT2D eigenvalue weighted by Crippen LogP contribution is 2.25. The van der Waals surface area contributed by atoms with Crippen LogP contribution in [0.3, 0.4) is 0 Å². The number of rotatable bonds is 3. The van der Waals surface area contributed by atoms with Gasteiger partial charge in [-0.1, -0.05) is 40.2 Å². The lowest BCUT2D eigenvalue weighted by Gasteiger charge is -1.98. The average Bonchev–Trinajstić information content (AvgIpc) is 2.98. The van der Waals surface area contributed by atoms with Crippen molar-refractivity contribution in [1.29, 1.82) is 0 Å². The largest absolute Gasteiger partial charge is 0.444 e. The number of hydrogen-bond donors (Lipinski definition) is 1. The van der Waals surface area contributed by atoms with Crippen molar-refractivity contribution >= 4 is 15.9 Å². The molecule has 100 valence electrons. The molecule has 0 spiro atoms. The maximum absolute atomic E-state index is 9.04. The zero-order valence-electron chi connectivity index (χ0n) is 10.6. The number of hydrogen-bond acceptors (Lipinski definition) is 3. The van der Waals surface area contributed by atoms with E-state index in [2.05, 4.69) is 20.9 Å². The Bertz CT molecular complexity index is 702. The molecule has 1 heterocycles. The van der Waals surface area contributed by atoms with Gasteiger partial charge in [-0.05, 0) is 29.8 Å². The quantitative estimate of drug-likeness (QED) is 0.780. The highest BCUT2D eigenvalue weighted by Gasteiger charge is 2.08. The van der Waals surface area contributed by atoms with Crippen molar-refractivity contribution < 1.29 is 9.52 Å². The fourth-order valence-corrected chi connectivity index (χ4v) is 2.18. The summed E-state index contributed by atoms with van der Waals surface area (Å²) >= 11 is 3.40. The van der Waals surface area contributed by atoms with Gasteiger partial charge in [0.25, 0.3) is 0 Å². The van der Waals surface area contributed by atoms with Gasteiger partial charge < -0.3 is 9.52 Å². The molecule has 3 nitrogen and oxygen atoms in total. The Morgan fingerprint density at radius 2 is 1.60 bits per heavy atom. The average molecular weight is 330 g/mol. The van der Waals surface area contributed by atoms with E-state index in [0.29, 0.717) is 5.89 Å². The van der Waals surface area contributed by atoms with Gasteiger partial charge in [-0.3, -0.25) is 0 Å². The van der Waals surface area contributed by atoms with Crippen LogP contribution in [0, 0.1) is 0 Å². The first kappa shape index (κ1) is 13.1. The summed E-state index contributed by atoms with van der Waals surface area (Å²) in [6.07, 6.45) is 1.64. The Labute approximate surface area is 125 Å². The maximum Gasteiger partial charge on any atom is 0.226 e. The van der Waals surface area contributed by atoms with Crippen molar-refractivity contribution in [3.05, 3.63) is 64.8 Å². The molecule has 3 rings (SSSR count). The van der Waals surface area contributed by atoms with Crippen LogP contribution >= 0.6 is 15.9 Å². The summed E-state index contributed by atoms with van der Waals surface area (Å²) in [5.41, 5.74) is 3.57. The summed E-state index contributed by atoms with van der Waals surface area (Å²) in [6.45, 7) is 0.0449. The van der Waals surface area contributed by atoms with Crippen molar-refractivity contribution in [2.75, 3.05) is 0 Å². The summed E-state index contributed by atoms with van der Waals surface area (Å²) in [4.78, 5) is 4.49. The summed E-state index contributed by atoms with van der Waals surface area (Å²) in [5.74, 6) is 0.596. The van der Waals surface area contributed by atoms with Crippen LogP contribution in [-0.2, 0) is 6.61 Å². The topological polar surface area (TPSA) is 46.3 Å². The number of nitrogens with zero attached hydrogens (tertiary/aromatic N) is 1. The van der Waals surface area contributed by atoms with E-state index < -0.39 is 0 Å². The summed E-state index contributed by atoms with van der Waals surface area (Å²) in [5, 5.41) is 9.04. The van der Waals surface area contributed by atoms with E-state index in [1.54, 1.807) is 6.26 Å². The smallest absolute Gasteiger partial charge is 0.226 e. The van der Waals surface area contributed by atoms with Gasteiger partial charge >= 0.3 is 0 Å². The van der Waals surface area contributed by atoms with Crippen molar-refractivity contribution in [3.8, 4) is 22.7 Å². The van der Waals surface area contributed by atoms with E-state index in [4.69, 9.17) is 9.52 Å². The summed E-state index contributed by atoms with van der Waals surface area (Å²) < 4.78 is 6.55. The van der Waals surface area contributed by atoms with Crippen LogP contribution in [0.15, 0.2) is 63.7 Å². The first-order chi connectivity index (χ1) is 9.76. The van der Waals surface area contributed by atoms with Gasteiger partial charge in [-0.25, -0.2) is 4.98 Å². The Morgan fingerprint density at radius 1 is 0.950 bits per heavy atom. The number of halogens is 1. The minimum absolute atomic E-state index is 0.0449. The number of aliphatic hydroxyl groups excluding tert-OH is 1. The van der Waals surface area contributed by atoms with Crippen molar-refractivity contribution in [2.45, 2.75) is 6.61 Å². The third-order valence-corrected chi connectivity index (χ3v) is 3.56. The second kappa shape index (κ2) is 5.61. The predicted molar refractivity (Wildman–Crippen MR) is 81.0 cm³/mol. The summed E-state index contributed by atoms with van der Waals surface area (Å²) in [7, 11) is 0. The third kappa shape index (κ3) is 2.66. The number of aromatic nitrogens is 1. The van der Waals surface area contributed by atoms with Crippen LogP contribution in [0.25, 0.3) is 22.7 Å². The van der Waals surface area contributed by atoms with E-state index in [9.17, 15) is 0 Å². The van der Waals surface area contributed by atoms with Gasteiger partial charge in [0.2, 0.25) is 5.89 Å². The Balaban J connectivity index is 1.91. The van der Waals surface area contributed by atoms with Gasteiger partial charge in [0.15, 0.2) is 0 Å². The van der Waals surface area contributed by atoms with E-state index in [1.165, 1.54) is 0 Å². The molecule has 0 radical (unpaired) electrons. The van der Waals surface area contributed by atoms with Crippen LogP contribution in [0.1, 0.15) is 5.56 Å². The van der Waals surface area contributed by atoms with Gasteiger partial charge in [0.1, 0.15) is 12.0 Å². The van der Waals surface area contributed by atoms with Gasteiger partial charge in [-0.2, -0.15) is 0 Å². The molecule has 0 fully saturated rings. The zero-order valence-corrected chi connectivity index (χ0v) is 12.2. The molecular formula is C16H12BrNO2. The standard InChI is InChI=1S/C16H12BrNO2/c17-14-7-5-13(6-8-14)16-18-15(10-20-16)12-3-1-11(9-19)2-4-12/h1-8,10,19H,9H2. The Hall–Kier alpha value is -1.91. The fourth-order valence-electron chi connectivity index (χ4n) is 1.91. The number of aliphatic hydroxyl groups is 1. The molecule has 0 aliphatic heterocycles. The molecular weight excluding hydrogens is 318 g/mol. The molecule has 1 N–H and O–H groups in total. The fraction of sp³-hybridized carbons (Fsp3) is 0.0625. The van der Waals surface area contributed by atoms with E-state index in [-0.39, 0.29) is 6.61 Å². The van der Waals surface area contributed by atoms with Gasteiger partial charge in [0.05, 0.1) is 6.61 Å². The molecule has 0 saturated heterocycles. The molecule has 0 saturated carbocycles. The predicted octanol–water partition coefficient (Wildman–Crippen LogP) is 4.26. The molecule has 0 unspecified atom stereocenters. The SMILES string of the molecule is OCc1ccc(-c2coc(-c3ccc(Br)cc3)n2)cc1. The highest BCUT2D eigenvalue weighted by atomic mass is 79.9. The van der Waals surface area contributed by atoms with Crippen molar-refractivity contribution in [2.24, 2.45) is 0 Å². The normalized spacial score (nSPS) is 10.7. The molecule has 3 aromatic rings. The molecule has 20 heavy (non-hydrogen) atoms. The first-order valence-electron chi connectivity index (χ1n) is 6.18. The molecule has 0 amide bonds. The summed E-state index contributed by atoms with van der Waals surface area (Å²) in [6, 6.07) is 15.4. The second-order valence-electron chi connectivity index (χ2n) is 4.40. The van der Waals surface area contributed by atoms with Gasteiger partial charge in [-0.15, -0.1) is 0 Å². The minimum Gasteiger partial charge on any atom is -0.444 e. The molecule has 0 aliphatic carbocycles. The number of benzene rings is 2.